The molecule has 16 aromatic carbocycles. The predicted molar refractivity (Wildman–Crippen MR) is 367 cm³/mol. The Labute approximate surface area is 493 Å². The van der Waals surface area contributed by atoms with Gasteiger partial charge in [-0.25, -0.2) is 0 Å². The summed E-state index contributed by atoms with van der Waals surface area (Å²) < 4.78 is 0. The summed E-state index contributed by atoms with van der Waals surface area (Å²) in [5, 5.41) is 21.2. The third-order valence-electron chi connectivity index (χ3n) is 16.7. The Bertz CT molecular complexity index is 4790. The molecule has 0 amide bonds. The fourth-order valence-corrected chi connectivity index (χ4v) is 12.6. The summed E-state index contributed by atoms with van der Waals surface area (Å²) in [5.74, 6) is 0. The van der Waals surface area contributed by atoms with Crippen LogP contribution in [0, 0.1) is 27.7 Å². The van der Waals surface area contributed by atoms with Crippen LogP contribution >= 0.6 is 0 Å². The number of aryl methyl sites for hydroxylation is 4. The minimum Gasteiger partial charge on any atom is -0.0622 e. The predicted octanol–water partition coefficient (Wildman–Crippen LogP) is 23.9. The summed E-state index contributed by atoms with van der Waals surface area (Å²) in [7, 11) is 0. The van der Waals surface area contributed by atoms with Crippen molar-refractivity contribution in [2.24, 2.45) is 0 Å². The van der Waals surface area contributed by atoms with Gasteiger partial charge in [0.15, 0.2) is 0 Å². The summed E-state index contributed by atoms with van der Waals surface area (Å²) >= 11 is 0. The van der Waals surface area contributed by atoms with Gasteiger partial charge in [0.2, 0.25) is 0 Å². The molecule has 16 aromatic rings. The molecule has 0 heterocycles. The van der Waals surface area contributed by atoms with Gasteiger partial charge in [0.25, 0.3) is 0 Å². The molecule has 0 bridgehead atoms. The van der Waals surface area contributed by atoms with E-state index >= 15 is 0 Å². The van der Waals surface area contributed by atoms with Gasteiger partial charge in [-0.15, -0.1) is 0 Å². The maximum Gasteiger partial charge on any atom is -0.00264 e. The monoisotopic (exact) mass is 1070 g/mol. The highest BCUT2D eigenvalue weighted by molar-refractivity contribution is 6.21. The lowest BCUT2D eigenvalue weighted by Crippen LogP contribution is -1.90. The van der Waals surface area contributed by atoms with Gasteiger partial charge in [0, 0.05) is 0 Å². The largest absolute Gasteiger partial charge is 0.0622 e. The lowest BCUT2D eigenvalue weighted by atomic mass is 9.86. The average Bonchev–Trinajstić information content (AvgIpc) is 3.11. The number of hydrogen-bond acceptors (Lipinski definition) is 0. The molecule has 84 heavy (non-hydrogen) atoms. The van der Waals surface area contributed by atoms with Crippen LogP contribution in [0.15, 0.2) is 315 Å². The molecule has 0 aliphatic carbocycles. The van der Waals surface area contributed by atoms with Gasteiger partial charge in [-0.3, -0.25) is 0 Å². The molecule has 0 heteroatoms. The Balaban J connectivity index is 0.000000106. The number of benzene rings is 16. The van der Waals surface area contributed by atoms with Crippen LogP contribution in [0.5, 0.6) is 0 Å². The van der Waals surface area contributed by atoms with E-state index in [1.807, 2.05) is 0 Å². The van der Waals surface area contributed by atoms with Gasteiger partial charge in [0.05, 0.1) is 0 Å². The Morgan fingerprint density at radius 1 is 0.155 bits per heavy atom. The molecule has 0 unspecified atom stereocenters. The van der Waals surface area contributed by atoms with Crippen LogP contribution in [-0.2, 0) is 0 Å². The van der Waals surface area contributed by atoms with Crippen molar-refractivity contribution in [1.82, 2.24) is 0 Å². The molecule has 0 spiro atoms. The van der Waals surface area contributed by atoms with Crippen LogP contribution in [0.2, 0.25) is 0 Å². The molecule has 0 atom stereocenters. The van der Waals surface area contributed by atoms with E-state index < -0.39 is 0 Å². The normalized spacial score (nSPS) is 11.1. The molecule has 0 aliphatic heterocycles. The highest BCUT2D eigenvalue weighted by Gasteiger charge is 2.17. The fraction of sp³-hybridized carbons (Fsp3) is 0.0476. The van der Waals surface area contributed by atoms with Crippen LogP contribution in [0.25, 0.3) is 131 Å². The maximum absolute atomic E-state index is 2.28. The van der Waals surface area contributed by atoms with Gasteiger partial charge >= 0.3 is 0 Å². The smallest absolute Gasteiger partial charge is 0.00264 e. The Morgan fingerprint density at radius 3 is 0.679 bits per heavy atom. The van der Waals surface area contributed by atoms with Crippen molar-refractivity contribution in [3.63, 3.8) is 0 Å². The Morgan fingerprint density at radius 2 is 0.357 bits per heavy atom. The van der Waals surface area contributed by atoms with Gasteiger partial charge in [-0.2, -0.15) is 0 Å². The standard InChI is InChI=1S/C27H20.2C21H16.C15H12/c1-19-15-17-21(18-16-19)27-24-13-7-5-11-22(24)26(20-9-3-2-4-10-20)23-12-6-8-14-25(23)27;1-15-10-12-16(13-11-15)21-19-8-4-2-6-17(19)14-18-7-3-5-9-20(18)21;1-15-17-11-5-7-13-19(17)21(16-9-3-2-4-10-16)20-14-8-6-12-18(15)20;1-11-14-8-4-2-6-12(14)10-13-7-3-5-9-15(11)13/h2-18H,1H3;2*2-14H,1H3;2-10H,1H3. The van der Waals surface area contributed by atoms with Gasteiger partial charge in [0.1, 0.15) is 0 Å². The van der Waals surface area contributed by atoms with Crippen LogP contribution in [-0.4, -0.2) is 0 Å². The van der Waals surface area contributed by atoms with Gasteiger partial charge in [-0.1, -0.05) is 314 Å². The van der Waals surface area contributed by atoms with E-state index in [4.69, 9.17) is 0 Å². The summed E-state index contributed by atoms with van der Waals surface area (Å²) in [4.78, 5) is 0. The van der Waals surface area contributed by atoms with Crippen LogP contribution in [0.4, 0.5) is 0 Å². The van der Waals surface area contributed by atoms with E-state index in [1.165, 1.54) is 153 Å². The second-order valence-corrected chi connectivity index (χ2v) is 22.0. The molecule has 0 saturated carbocycles. The van der Waals surface area contributed by atoms with Crippen LogP contribution < -0.4 is 0 Å². The molecule has 0 aliphatic rings. The van der Waals surface area contributed by atoms with Crippen molar-refractivity contribution in [2.75, 3.05) is 0 Å². The molecule has 0 N–H and O–H groups in total. The molecule has 16 rings (SSSR count). The maximum atomic E-state index is 2.28. The van der Waals surface area contributed by atoms with E-state index in [-0.39, 0.29) is 0 Å². The summed E-state index contributed by atoms with van der Waals surface area (Å²) in [5.41, 5.74) is 15.7. The Hall–Kier alpha value is -10.4. The average molecular weight is 1070 g/mol. The molecule has 0 radical (unpaired) electrons. The topological polar surface area (TPSA) is 0 Å². The van der Waals surface area contributed by atoms with Crippen molar-refractivity contribution >= 4 is 86.2 Å². The van der Waals surface area contributed by atoms with E-state index in [9.17, 15) is 0 Å². The number of rotatable bonds is 4. The number of hydrogen-bond donors (Lipinski definition) is 0. The van der Waals surface area contributed by atoms with E-state index in [1.54, 1.807) is 0 Å². The zero-order valence-corrected chi connectivity index (χ0v) is 48.0. The quantitative estimate of drug-likeness (QED) is 0.154. The molecular weight excluding hydrogens is 1010 g/mol. The zero-order valence-electron chi connectivity index (χ0n) is 48.0. The van der Waals surface area contributed by atoms with Crippen molar-refractivity contribution in [2.45, 2.75) is 27.7 Å². The molecule has 0 saturated heterocycles. The third-order valence-corrected chi connectivity index (χ3v) is 16.7. The summed E-state index contributed by atoms with van der Waals surface area (Å²) in [6.45, 7) is 8.69. The van der Waals surface area contributed by atoms with Gasteiger partial charge in [-0.05, 0) is 182 Å². The first kappa shape index (κ1) is 52.9. The van der Waals surface area contributed by atoms with Crippen LogP contribution in [0.3, 0.4) is 0 Å². The lowest BCUT2D eigenvalue weighted by molar-refractivity contribution is 1.47. The van der Waals surface area contributed by atoms with Crippen molar-refractivity contribution in [3.8, 4) is 44.5 Å². The first-order valence-electron chi connectivity index (χ1n) is 29.2. The molecule has 0 fully saturated rings. The molecule has 400 valence electrons. The first-order valence-corrected chi connectivity index (χ1v) is 29.2. The lowest BCUT2D eigenvalue weighted by Gasteiger charge is -2.17. The second kappa shape index (κ2) is 23.6. The fourth-order valence-electron chi connectivity index (χ4n) is 12.6. The van der Waals surface area contributed by atoms with Crippen LogP contribution in [0.1, 0.15) is 22.3 Å². The highest BCUT2D eigenvalue weighted by atomic mass is 14.2. The third kappa shape index (κ3) is 10.4. The minimum absolute atomic E-state index is 1.26. The first-order chi connectivity index (χ1) is 41.4. The Kier molecular flexibility index (Phi) is 14.9. The minimum atomic E-state index is 1.26. The highest BCUT2D eigenvalue weighted by Crippen LogP contribution is 2.44. The molecule has 0 nitrogen and oxygen atoms in total. The van der Waals surface area contributed by atoms with Crippen molar-refractivity contribution in [1.29, 1.82) is 0 Å². The summed E-state index contributed by atoms with van der Waals surface area (Å²) in [6.07, 6.45) is 0. The molecule has 0 aromatic heterocycles. The number of fused-ring (bicyclic) bond motifs is 8. The second-order valence-electron chi connectivity index (χ2n) is 22.0. The van der Waals surface area contributed by atoms with Gasteiger partial charge < -0.3 is 0 Å². The van der Waals surface area contributed by atoms with Crippen molar-refractivity contribution < 1.29 is 0 Å². The van der Waals surface area contributed by atoms with Crippen molar-refractivity contribution in [3.05, 3.63) is 338 Å². The SMILES string of the molecule is Cc1c2ccccc2c(-c2ccccc2)c2ccccc12.Cc1c2ccccc2cc2ccccc12.Cc1ccc(-c2c3ccccc3c(-c3ccccc3)c3ccccc23)cc1.Cc1ccc(-c2c3ccccc3cc3ccccc23)cc1. The summed E-state index contributed by atoms with van der Waals surface area (Å²) in [6, 6.07) is 113. The molecular formula is C84H64. The van der Waals surface area contributed by atoms with E-state index in [0.29, 0.717) is 0 Å². The zero-order chi connectivity index (χ0) is 56.9. The van der Waals surface area contributed by atoms with E-state index in [0.717, 1.165) is 0 Å². The van der Waals surface area contributed by atoms with E-state index in [2.05, 4.69) is 343 Å².